The molecule has 3 heteroatoms. The van der Waals surface area contributed by atoms with Crippen LogP contribution in [-0.4, -0.2) is 17.9 Å². The SMILES string of the molecule is C=CCCC(=O)OCC(CBr)CC=C. The quantitative estimate of drug-likeness (QED) is 0.381. The van der Waals surface area contributed by atoms with Crippen LogP contribution in [0.5, 0.6) is 0 Å². The molecule has 0 amide bonds. The molecule has 0 radical (unpaired) electrons. The average molecular weight is 261 g/mol. The summed E-state index contributed by atoms with van der Waals surface area (Å²) in [6, 6.07) is 0. The van der Waals surface area contributed by atoms with Crippen molar-refractivity contribution in [3.8, 4) is 0 Å². The topological polar surface area (TPSA) is 26.3 Å². The largest absolute Gasteiger partial charge is 0.465 e. The number of halogens is 1. The number of rotatable bonds is 8. The first-order valence-electron chi connectivity index (χ1n) is 4.68. The van der Waals surface area contributed by atoms with E-state index in [0.717, 1.165) is 11.8 Å². The van der Waals surface area contributed by atoms with Crippen LogP contribution in [0.25, 0.3) is 0 Å². The van der Waals surface area contributed by atoms with Gasteiger partial charge < -0.3 is 4.74 Å². The fourth-order valence-electron chi connectivity index (χ4n) is 0.914. The van der Waals surface area contributed by atoms with E-state index in [1.165, 1.54) is 0 Å². The first-order chi connectivity index (χ1) is 6.74. The van der Waals surface area contributed by atoms with Gasteiger partial charge in [-0.3, -0.25) is 4.79 Å². The highest BCUT2D eigenvalue weighted by atomic mass is 79.9. The van der Waals surface area contributed by atoms with Gasteiger partial charge in [-0.05, 0) is 12.8 Å². The fraction of sp³-hybridized carbons (Fsp3) is 0.545. The number of carbonyl (C=O) groups excluding carboxylic acids is 1. The summed E-state index contributed by atoms with van der Waals surface area (Å²) in [6.45, 7) is 7.66. The molecule has 0 fully saturated rings. The Morgan fingerprint density at radius 2 is 2.14 bits per heavy atom. The van der Waals surface area contributed by atoms with E-state index >= 15 is 0 Å². The number of carbonyl (C=O) groups is 1. The monoisotopic (exact) mass is 260 g/mol. The molecule has 0 bridgehead atoms. The van der Waals surface area contributed by atoms with Crippen LogP contribution >= 0.6 is 15.9 Å². The van der Waals surface area contributed by atoms with Crippen LogP contribution < -0.4 is 0 Å². The molecule has 0 aromatic rings. The predicted molar refractivity (Wildman–Crippen MR) is 62.5 cm³/mol. The van der Waals surface area contributed by atoms with Crippen LogP contribution in [0.2, 0.25) is 0 Å². The molecule has 14 heavy (non-hydrogen) atoms. The smallest absolute Gasteiger partial charge is 0.306 e. The summed E-state index contributed by atoms with van der Waals surface area (Å²) in [5.41, 5.74) is 0. The van der Waals surface area contributed by atoms with Gasteiger partial charge in [-0.1, -0.05) is 28.1 Å². The second-order valence-electron chi connectivity index (χ2n) is 3.06. The van der Waals surface area contributed by atoms with Crippen molar-refractivity contribution in [2.75, 3.05) is 11.9 Å². The summed E-state index contributed by atoms with van der Waals surface area (Å²) in [6.07, 6.45) is 5.52. The minimum atomic E-state index is -0.153. The molecule has 80 valence electrons. The van der Waals surface area contributed by atoms with Gasteiger partial charge in [0.15, 0.2) is 0 Å². The predicted octanol–water partition coefficient (Wildman–Crippen LogP) is 3.08. The number of esters is 1. The molecular formula is C11H17BrO2. The van der Waals surface area contributed by atoms with Crippen LogP contribution in [0.15, 0.2) is 25.3 Å². The minimum Gasteiger partial charge on any atom is -0.465 e. The Kier molecular flexibility index (Phi) is 8.64. The maximum Gasteiger partial charge on any atom is 0.306 e. The maximum absolute atomic E-state index is 11.1. The van der Waals surface area contributed by atoms with Crippen molar-refractivity contribution < 1.29 is 9.53 Å². The highest BCUT2D eigenvalue weighted by Crippen LogP contribution is 2.08. The highest BCUT2D eigenvalue weighted by molar-refractivity contribution is 9.09. The second kappa shape index (κ2) is 9.00. The van der Waals surface area contributed by atoms with Gasteiger partial charge in [0.2, 0.25) is 0 Å². The van der Waals surface area contributed by atoms with Crippen LogP contribution in [-0.2, 0) is 9.53 Å². The Labute approximate surface area is 94.2 Å². The Morgan fingerprint density at radius 1 is 1.43 bits per heavy atom. The Bertz CT molecular complexity index is 190. The van der Waals surface area contributed by atoms with E-state index in [9.17, 15) is 4.79 Å². The molecule has 0 heterocycles. The van der Waals surface area contributed by atoms with Crippen molar-refractivity contribution in [3.05, 3.63) is 25.3 Å². The molecule has 1 unspecified atom stereocenters. The van der Waals surface area contributed by atoms with Gasteiger partial charge in [0, 0.05) is 17.7 Å². The van der Waals surface area contributed by atoms with Crippen molar-refractivity contribution in [2.24, 2.45) is 5.92 Å². The summed E-state index contributed by atoms with van der Waals surface area (Å²) in [4.78, 5) is 11.1. The Hall–Kier alpha value is -0.570. The molecule has 0 aromatic heterocycles. The summed E-state index contributed by atoms with van der Waals surface area (Å²) >= 11 is 3.36. The van der Waals surface area contributed by atoms with Crippen molar-refractivity contribution in [3.63, 3.8) is 0 Å². The summed E-state index contributed by atoms with van der Waals surface area (Å²) in [5.74, 6) is 0.181. The summed E-state index contributed by atoms with van der Waals surface area (Å²) < 4.78 is 5.09. The molecule has 0 aliphatic carbocycles. The Morgan fingerprint density at radius 3 is 2.64 bits per heavy atom. The number of allylic oxidation sites excluding steroid dienone is 2. The number of alkyl halides is 1. The number of ether oxygens (including phenoxy) is 1. The van der Waals surface area contributed by atoms with Crippen LogP contribution in [0, 0.1) is 5.92 Å². The molecule has 0 saturated heterocycles. The van der Waals surface area contributed by atoms with Gasteiger partial charge in [0.1, 0.15) is 0 Å². The normalized spacial score (nSPS) is 11.8. The zero-order chi connectivity index (χ0) is 10.8. The first-order valence-corrected chi connectivity index (χ1v) is 5.80. The minimum absolute atomic E-state index is 0.153. The maximum atomic E-state index is 11.1. The molecule has 0 N–H and O–H groups in total. The van der Waals surface area contributed by atoms with Gasteiger partial charge in [-0.25, -0.2) is 0 Å². The third-order valence-electron chi connectivity index (χ3n) is 1.75. The summed E-state index contributed by atoms with van der Waals surface area (Å²) in [5, 5.41) is 0.827. The molecule has 0 saturated carbocycles. The van der Waals surface area contributed by atoms with Gasteiger partial charge in [0.25, 0.3) is 0 Å². The Balaban J connectivity index is 3.61. The lowest BCUT2D eigenvalue weighted by Gasteiger charge is -2.11. The van der Waals surface area contributed by atoms with Crippen molar-refractivity contribution in [1.29, 1.82) is 0 Å². The van der Waals surface area contributed by atoms with Gasteiger partial charge in [0.05, 0.1) is 6.61 Å². The molecule has 0 aliphatic rings. The molecule has 0 aromatic carbocycles. The van der Waals surface area contributed by atoms with Crippen molar-refractivity contribution in [1.82, 2.24) is 0 Å². The molecule has 0 rings (SSSR count). The van der Waals surface area contributed by atoms with Crippen LogP contribution in [0.4, 0.5) is 0 Å². The fourth-order valence-corrected chi connectivity index (χ4v) is 1.37. The summed E-state index contributed by atoms with van der Waals surface area (Å²) in [7, 11) is 0. The lowest BCUT2D eigenvalue weighted by molar-refractivity contribution is -0.144. The molecule has 0 aliphatic heterocycles. The van der Waals surface area contributed by atoms with E-state index in [1.807, 2.05) is 6.08 Å². The first kappa shape index (κ1) is 13.4. The average Bonchev–Trinajstić information content (AvgIpc) is 2.21. The van der Waals surface area contributed by atoms with E-state index in [1.54, 1.807) is 6.08 Å². The van der Waals surface area contributed by atoms with Crippen LogP contribution in [0.3, 0.4) is 0 Å². The molecule has 2 nitrogen and oxygen atoms in total. The molecule has 1 atom stereocenters. The zero-order valence-electron chi connectivity index (χ0n) is 8.38. The molecule has 0 spiro atoms. The lowest BCUT2D eigenvalue weighted by atomic mass is 10.1. The number of hydrogen-bond donors (Lipinski definition) is 0. The van der Waals surface area contributed by atoms with Crippen LogP contribution in [0.1, 0.15) is 19.3 Å². The third-order valence-corrected chi connectivity index (χ3v) is 2.67. The number of hydrogen-bond acceptors (Lipinski definition) is 2. The van der Waals surface area contributed by atoms with E-state index in [2.05, 4.69) is 29.1 Å². The van der Waals surface area contributed by atoms with Gasteiger partial charge in [-0.2, -0.15) is 0 Å². The van der Waals surface area contributed by atoms with E-state index in [0.29, 0.717) is 25.4 Å². The lowest BCUT2D eigenvalue weighted by Crippen LogP contribution is -2.14. The van der Waals surface area contributed by atoms with E-state index < -0.39 is 0 Å². The van der Waals surface area contributed by atoms with E-state index in [-0.39, 0.29) is 5.97 Å². The third kappa shape index (κ3) is 6.89. The highest BCUT2D eigenvalue weighted by Gasteiger charge is 2.08. The van der Waals surface area contributed by atoms with Gasteiger partial charge in [-0.15, -0.1) is 13.2 Å². The molecular weight excluding hydrogens is 244 g/mol. The standard InChI is InChI=1S/C11H17BrO2/c1-3-5-7-11(13)14-9-10(8-12)6-4-2/h3-4,10H,1-2,5-9H2. The van der Waals surface area contributed by atoms with Gasteiger partial charge >= 0.3 is 5.97 Å². The second-order valence-corrected chi connectivity index (χ2v) is 3.70. The van der Waals surface area contributed by atoms with E-state index in [4.69, 9.17) is 4.74 Å². The zero-order valence-corrected chi connectivity index (χ0v) is 9.96. The van der Waals surface area contributed by atoms with Crippen molar-refractivity contribution in [2.45, 2.75) is 19.3 Å². The van der Waals surface area contributed by atoms with Crippen molar-refractivity contribution >= 4 is 21.9 Å².